The van der Waals surface area contributed by atoms with Crippen molar-refractivity contribution in [2.75, 3.05) is 12.4 Å². The molecule has 18 heavy (non-hydrogen) atoms. The van der Waals surface area contributed by atoms with Crippen LogP contribution in [0.4, 0.5) is 0 Å². The molecule has 1 unspecified atom stereocenters. The summed E-state index contributed by atoms with van der Waals surface area (Å²) in [6, 6.07) is 3.90. The first-order valence-corrected chi connectivity index (χ1v) is 7.46. The van der Waals surface area contributed by atoms with Gasteiger partial charge in [-0.15, -0.1) is 0 Å². The van der Waals surface area contributed by atoms with E-state index in [1.807, 2.05) is 23.9 Å². The van der Waals surface area contributed by atoms with Crippen LogP contribution in [0.1, 0.15) is 18.7 Å². The van der Waals surface area contributed by atoms with Crippen LogP contribution < -0.4 is 0 Å². The average molecular weight is 263 g/mol. The Hall–Kier alpha value is -1.07. The first-order chi connectivity index (χ1) is 8.88. The van der Waals surface area contributed by atoms with Gasteiger partial charge in [-0.25, -0.2) is 9.97 Å². The minimum atomic E-state index is 0.132. The molecule has 0 spiro atoms. The second kappa shape index (κ2) is 5.28. The first kappa shape index (κ1) is 12.0. The normalized spacial score (nSPS) is 19.7. The summed E-state index contributed by atoms with van der Waals surface area (Å²) in [6.45, 7) is 0.715. The van der Waals surface area contributed by atoms with Gasteiger partial charge in [-0.2, -0.15) is 11.8 Å². The van der Waals surface area contributed by atoms with E-state index in [9.17, 15) is 5.11 Å². The Morgan fingerprint density at radius 2 is 2.44 bits per heavy atom. The lowest BCUT2D eigenvalue weighted by molar-refractivity contribution is 0.275. The van der Waals surface area contributed by atoms with Crippen LogP contribution in [0.2, 0.25) is 0 Å². The van der Waals surface area contributed by atoms with Crippen LogP contribution in [0.25, 0.3) is 11.2 Å². The van der Waals surface area contributed by atoms with E-state index in [0.717, 1.165) is 23.4 Å². The van der Waals surface area contributed by atoms with E-state index in [0.29, 0.717) is 11.8 Å². The lowest BCUT2D eigenvalue weighted by atomic mass is 10.2. The van der Waals surface area contributed by atoms with Gasteiger partial charge >= 0.3 is 0 Å². The molecule has 1 N–H and O–H groups in total. The largest absolute Gasteiger partial charge is 0.395 e. The van der Waals surface area contributed by atoms with Crippen LogP contribution in [0.3, 0.4) is 0 Å². The van der Waals surface area contributed by atoms with Gasteiger partial charge in [0, 0.05) is 24.4 Å². The second-order valence-electron chi connectivity index (χ2n) is 4.59. The number of imidazole rings is 1. The van der Waals surface area contributed by atoms with Crippen LogP contribution in [-0.4, -0.2) is 37.3 Å². The van der Waals surface area contributed by atoms with Crippen LogP contribution in [0.15, 0.2) is 18.3 Å². The molecule has 96 valence electrons. The standard InChI is InChI=1S/C13H17N3OS/c17-7-6-16-12(9-10-3-2-8-18-10)15-11-4-1-5-14-13(11)16/h1,4-5,10,17H,2-3,6-9H2. The number of aliphatic hydroxyl groups is 1. The Morgan fingerprint density at radius 3 is 3.22 bits per heavy atom. The van der Waals surface area contributed by atoms with Crippen molar-refractivity contribution in [1.29, 1.82) is 0 Å². The number of pyridine rings is 1. The zero-order valence-corrected chi connectivity index (χ0v) is 11.1. The highest BCUT2D eigenvalue weighted by atomic mass is 32.2. The molecule has 1 fully saturated rings. The van der Waals surface area contributed by atoms with Crippen LogP contribution in [0.5, 0.6) is 0 Å². The molecule has 5 heteroatoms. The number of hydrogen-bond donors (Lipinski definition) is 1. The summed E-state index contributed by atoms with van der Waals surface area (Å²) in [5.41, 5.74) is 1.83. The predicted octanol–water partition coefficient (Wildman–Crippen LogP) is 1.86. The van der Waals surface area contributed by atoms with Crippen molar-refractivity contribution in [2.24, 2.45) is 0 Å². The van der Waals surface area contributed by atoms with E-state index in [1.165, 1.54) is 18.6 Å². The number of nitrogens with zero attached hydrogens (tertiary/aromatic N) is 3. The zero-order valence-electron chi connectivity index (χ0n) is 10.2. The van der Waals surface area contributed by atoms with E-state index >= 15 is 0 Å². The Bertz CT molecular complexity index is 534. The van der Waals surface area contributed by atoms with Gasteiger partial charge in [-0.05, 0) is 30.7 Å². The Balaban J connectivity index is 1.95. The third-order valence-electron chi connectivity index (χ3n) is 3.34. The summed E-state index contributed by atoms with van der Waals surface area (Å²) in [4.78, 5) is 9.05. The van der Waals surface area contributed by atoms with Gasteiger partial charge in [0.15, 0.2) is 5.65 Å². The van der Waals surface area contributed by atoms with Crippen molar-refractivity contribution in [3.63, 3.8) is 0 Å². The van der Waals surface area contributed by atoms with Gasteiger partial charge in [0.05, 0.1) is 6.61 Å². The molecule has 1 aliphatic rings. The monoisotopic (exact) mass is 263 g/mol. The van der Waals surface area contributed by atoms with Gasteiger partial charge in [0.1, 0.15) is 11.3 Å². The third kappa shape index (κ3) is 2.24. The average Bonchev–Trinajstić information content (AvgIpc) is 3.00. The van der Waals surface area contributed by atoms with Gasteiger partial charge in [0.2, 0.25) is 0 Å². The summed E-state index contributed by atoms with van der Waals surface area (Å²) in [6.07, 6.45) is 5.36. The fourth-order valence-electron chi connectivity index (χ4n) is 2.51. The molecule has 2 aromatic heterocycles. The van der Waals surface area contributed by atoms with Crippen LogP contribution in [0, 0.1) is 0 Å². The Labute approximate surface area is 110 Å². The number of aliphatic hydroxyl groups excluding tert-OH is 1. The maximum Gasteiger partial charge on any atom is 0.160 e. The van der Waals surface area contributed by atoms with Crippen molar-refractivity contribution < 1.29 is 5.11 Å². The van der Waals surface area contributed by atoms with Crippen LogP contribution in [-0.2, 0) is 13.0 Å². The van der Waals surface area contributed by atoms with Crippen molar-refractivity contribution in [2.45, 2.75) is 31.1 Å². The maximum absolute atomic E-state index is 9.20. The number of thioether (sulfide) groups is 1. The van der Waals surface area contributed by atoms with Gasteiger partial charge in [-0.1, -0.05) is 0 Å². The maximum atomic E-state index is 9.20. The molecule has 0 saturated carbocycles. The van der Waals surface area contributed by atoms with E-state index in [2.05, 4.69) is 14.5 Å². The molecule has 4 nitrogen and oxygen atoms in total. The Kier molecular flexibility index (Phi) is 3.52. The minimum Gasteiger partial charge on any atom is -0.395 e. The lowest BCUT2D eigenvalue weighted by Gasteiger charge is -2.10. The molecule has 0 amide bonds. The number of rotatable bonds is 4. The minimum absolute atomic E-state index is 0.132. The van der Waals surface area contributed by atoms with E-state index in [1.54, 1.807) is 6.20 Å². The molecule has 1 atom stereocenters. The summed E-state index contributed by atoms with van der Waals surface area (Å²) in [5.74, 6) is 2.33. The molecular weight excluding hydrogens is 246 g/mol. The number of hydrogen-bond acceptors (Lipinski definition) is 4. The molecule has 2 aromatic rings. The number of aromatic nitrogens is 3. The molecule has 0 aliphatic carbocycles. The summed E-state index contributed by atoms with van der Waals surface area (Å²) in [5, 5.41) is 9.88. The van der Waals surface area contributed by atoms with Crippen molar-refractivity contribution in [3.05, 3.63) is 24.2 Å². The van der Waals surface area contributed by atoms with Crippen molar-refractivity contribution >= 4 is 22.9 Å². The molecule has 0 radical (unpaired) electrons. The second-order valence-corrected chi connectivity index (χ2v) is 6.00. The highest BCUT2D eigenvalue weighted by Crippen LogP contribution is 2.29. The van der Waals surface area contributed by atoms with Crippen LogP contribution >= 0.6 is 11.8 Å². The zero-order chi connectivity index (χ0) is 12.4. The first-order valence-electron chi connectivity index (χ1n) is 6.41. The molecule has 3 rings (SSSR count). The predicted molar refractivity (Wildman–Crippen MR) is 73.8 cm³/mol. The fraction of sp³-hybridized carbons (Fsp3) is 0.538. The molecule has 0 aromatic carbocycles. The quantitative estimate of drug-likeness (QED) is 0.915. The molecule has 3 heterocycles. The molecular formula is C13H17N3OS. The van der Waals surface area contributed by atoms with Gasteiger partial charge in [-0.3, -0.25) is 0 Å². The summed E-state index contributed by atoms with van der Waals surface area (Å²) < 4.78 is 2.06. The van der Waals surface area contributed by atoms with E-state index in [-0.39, 0.29) is 6.61 Å². The van der Waals surface area contributed by atoms with Gasteiger partial charge < -0.3 is 9.67 Å². The molecule has 1 saturated heterocycles. The number of fused-ring (bicyclic) bond motifs is 1. The summed E-state index contributed by atoms with van der Waals surface area (Å²) >= 11 is 2.04. The Morgan fingerprint density at radius 1 is 1.50 bits per heavy atom. The summed E-state index contributed by atoms with van der Waals surface area (Å²) in [7, 11) is 0. The lowest BCUT2D eigenvalue weighted by Crippen LogP contribution is -2.12. The topological polar surface area (TPSA) is 50.9 Å². The van der Waals surface area contributed by atoms with E-state index in [4.69, 9.17) is 0 Å². The van der Waals surface area contributed by atoms with Gasteiger partial charge in [0.25, 0.3) is 0 Å². The van der Waals surface area contributed by atoms with Crippen molar-refractivity contribution in [1.82, 2.24) is 14.5 Å². The fourth-order valence-corrected chi connectivity index (χ4v) is 3.77. The van der Waals surface area contributed by atoms with E-state index < -0.39 is 0 Å². The molecule has 0 bridgehead atoms. The SMILES string of the molecule is OCCn1c(CC2CCCS2)nc2cccnc21. The smallest absolute Gasteiger partial charge is 0.160 e. The molecule has 1 aliphatic heterocycles. The van der Waals surface area contributed by atoms with Crippen molar-refractivity contribution in [3.8, 4) is 0 Å². The highest BCUT2D eigenvalue weighted by molar-refractivity contribution is 8.00. The highest BCUT2D eigenvalue weighted by Gasteiger charge is 2.20. The third-order valence-corrected chi connectivity index (χ3v) is 4.74.